The van der Waals surface area contributed by atoms with E-state index in [9.17, 15) is 22.4 Å². The van der Waals surface area contributed by atoms with E-state index in [0.717, 1.165) is 6.07 Å². The minimum atomic E-state index is -4.90. The summed E-state index contributed by atoms with van der Waals surface area (Å²) in [7, 11) is 0. The zero-order valence-electron chi connectivity index (χ0n) is 6.53. The Kier molecular flexibility index (Phi) is 2.80. The molecule has 0 unspecified atom stereocenters. The van der Waals surface area contributed by atoms with Gasteiger partial charge in [-0.2, -0.15) is 13.2 Å². The van der Waals surface area contributed by atoms with Crippen LogP contribution in [0.4, 0.5) is 17.6 Å². The van der Waals surface area contributed by atoms with E-state index in [0.29, 0.717) is 6.07 Å². The minimum Gasteiger partial charge on any atom is -0.298 e. The van der Waals surface area contributed by atoms with Crippen LogP contribution in [-0.2, 0) is 6.18 Å². The molecule has 0 atom stereocenters. The summed E-state index contributed by atoms with van der Waals surface area (Å²) in [4.78, 5) is 10.2. The molecule has 0 aliphatic carbocycles. The normalized spacial score (nSPS) is 11.5. The van der Waals surface area contributed by atoms with Gasteiger partial charge in [-0.25, -0.2) is 4.39 Å². The van der Waals surface area contributed by atoms with Crippen molar-refractivity contribution >= 4 is 17.9 Å². The number of carbonyl (C=O) groups excluding carboxylic acids is 1. The Morgan fingerprint density at radius 1 is 1.29 bits per heavy atom. The molecule has 0 N–H and O–H groups in total. The van der Waals surface area contributed by atoms with Gasteiger partial charge in [-0.15, -0.1) is 0 Å². The van der Waals surface area contributed by atoms with Crippen molar-refractivity contribution in [3.05, 3.63) is 34.1 Å². The van der Waals surface area contributed by atoms with E-state index in [1.165, 1.54) is 0 Å². The van der Waals surface area contributed by atoms with Crippen molar-refractivity contribution in [2.75, 3.05) is 0 Å². The van der Waals surface area contributed by atoms with Gasteiger partial charge >= 0.3 is 6.18 Å². The summed E-state index contributed by atoms with van der Waals surface area (Å²) in [5, 5.41) is -0.910. The average molecular weight is 227 g/mol. The van der Waals surface area contributed by atoms with Gasteiger partial charge in [0.05, 0.1) is 5.02 Å². The number of hydrogen-bond acceptors (Lipinski definition) is 1. The smallest absolute Gasteiger partial charge is 0.298 e. The summed E-state index contributed by atoms with van der Waals surface area (Å²) in [6, 6.07) is 1.44. The third-order valence-electron chi connectivity index (χ3n) is 1.53. The second-order valence-corrected chi connectivity index (χ2v) is 2.82. The van der Waals surface area contributed by atoms with Gasteiger partial charge in [-0.05, 0) is 12.1 Å². The van der Waals surface area contributed by atoms with E-state index in [2.05, 4.69) is 0 Å². The highest BCUT2D eigenvalue weighted by Crippen LogP contribution is 2.37. The van der Waals surface area contributed by atoms with E-state index in [1.807, 2.05) is 0 Å². The molecule has 1 nitrogen and oxygen atoms in total. The van der Waals surface area contributed by atoms with Crippen LogP contribution in [0.1, 0.15) is 15.9 Å². The molecule has 0 fully saturated rings. The first-order valence-corrected chi connectivity index (χ1v) is 3.76. The highest BCUT2D eigenvalue weighted by Gasteiger charge is 2.37. The van der Waals surface area contributed by atoms with Crippen LogP contribution in [0.3, 0.4) is 0 Å². The molecule has 0 aliphatic heterocycles. The van der Waals surface area contributed by atoms with Crippen molar-refractivity contribution in [1.82, 2.24) is 0 Å². The van der Waals surface area contributed by atoms with Crippen molar-refractivity contribution in [3.63, 3.8) is 0 Å². The van der Waals surface area contributed by atoms with Gasteiger partial charge in [0, 0.05) is 5.56 Å². The molecular formula is C8H3ClF4O. The minimum absolute atomic E-state index is 0.136. The molecule has 0 amide bonds. The Labute approximate surface area is 81.3 Å². The van der Waals surface area contributed by atoms with Crippen LogP contribution in [-0.4, -0.2) is 6.29 Å². The van der Waals surface area contributed by atoms with E-state index in [-0.39, 0.29) is 11.8 Å². The van der Waals surface area contributed by atoms with Crippen LogP contribution < -0.4 is 0 Å². The van der Waals surface area contributed by atoms with E-state index < -0.39 is 22.6 Å². The Balaban J connectivity index is 3.48. The average Bonchev–Trinajstić information content (AvgIpc) is 2.02. The van der Waals surface area contributed by atoms with Gasteiger partial charge in [-0.1, -0.05) is 11.6 Å². The molecule has 76 valence electrons. The molecule has 0 aliphatic rings. The number of halogens is 5. The predicted molar refractivity (Wildman–Crippen MR) is 41.8 cm³/mol. The second-order valence-electron chi connectivity index (χ2n) is 2.44. The van der Waals surface area contributed by atoms with Crippen molar-refractivity contribution < 1.29 is 22.4 Å². The fourth-order valence-electron chi connectivity index (χ4n) is 0.919. The van der Waals surface area contributed by atoms with Crippen LogP contribution in [0.25, 0.3) is 0 Å². The number of hydrogen-bond donors (Lipinski definition) is 0. The van der Waals surface area contributed by atoms with Crippen LogP contribution in [0.5, 0.6) is 0 Å². The first-order chi connectivity index (χ1) is 6.38. The largest absolute Gasteiger partial charge is 0.420 e. The molecular weight excluding hydrogens is 224 g/mol. The lowest BCUT2D eigenvalue weighted by Gasteiger charge is -2.10. The Morgan fingerprint density at radius 2 is 1.86 bits per heavy atom. The molecule has 1 rings (SSSR count). The summed E-state index contributed by atoms with van der Waals surface area (Å²) in [5.41, 5.74) is -2.00. The van der Waals surface area contributed by atoms with Gasteiger partial charge in [-0.3, -0.25) is 4.79 Å². The third kappa shape index (κ3) is 1.87. The molecule has 0 aromatic heterocycles. The third-order valence-corrected chi connectivity index (χ3v) is 1.94. The zero-order valence-corrected chi connectivity index (χ0v) is 7.29. The summed E-state index contributed by atoms with van der Waals surface area (Å²) >= 11 is 5.21. The monoisotopic (exact) mass is 226 g/mol. The van der Waals surface area contributed by atoms with E-state index in [4.69, 9.17) is 11.6 Å². The second kappa shape index (κ2) is 3.57. The summed E-state index contributed by atoms with van der Waals surface area (Å²) < 4.78 is 49.3. The summed E-state index contributed by atoms with van der Waals surface area (Å²) in [6.45, 7) is 0. The van der Waals surface area contributed by atoms with Crippen LogP contribution in [0.15, 0.2) is 12.1 Å². The topological polar surface area (TPSA) is 17.1 Å². The summed E-state index contributed by atoms with van der Waals surface area (Å²) in [5.74, 6) is -1.49. The Morgan fingerprint density at radius 3 is 2.29 bits per heavy atom. The fraction of sp³-hybridized carbons (Fsp3) is 0.125. The van der Waals surface area contributed by atoms with Crippen LogP contribution in [0.2, 0.25) is 5.02 Å². The maximum absolute atomic E-state index is 12.7. The lowest BCUT2D eigenvalue weighted by Crippen LogP contribution is -2.10. The number of benzene rings is 1. The first-order valence-electron chi connectivity index (χ1n) is 3.38. The molecule has 0 saturated carbocycles. The van der Waals surface area contributed by atoms with Gasteiger partial charge < -0.3 is 0 Å². The van der Waals surface area contributed by atoms with Crippen molar-refractivity contribution in [2.45, 2.75) is 6.18 Å². The zero-order chi connectivity index (χ0) is 10.9. The molecule has 0 spiro atoms. The molecule has 1 aromatic carbocycles. The number of alkyl halides is 3. The van der Waals surface area contributed by atoms with Crippen LogP contribution >= 0.6 is 11.6 Å². The van der Waals surface area contributed by atoms with Crippen molar-refractivity contribution in [2.24, 2.45) is 0 Å². The lowest BCUT2D eigenvalue weighted by molar-refractivity contribution is -0.139. The molecule has 0 saturated heterocycles. The molecule has 14 heavy (non-hydrogen) atoms. The van der Waals surface area contributed by atoms with Gasteiger partial charge in [0.25, 0.3) is 0 Å². The summed E-state index contributed by atoms with van der Waals surface area (Å²) in [6.07, 6.45) is -4.77. The molecule has 0 radical (unpaired) electrons. The fourth-order valence-corrected chi connectivity index (χ4v) is 1.22. The standard InChI is InChI=1S/C8H3ClF4O/c9-7-4(3-14)1-2-5(10)6(7)8(11,12)13/h1-3H. The van der Waals surface area contributed by atoms with E-state index >= 15 is 0 Å². The SMILES string of the molecule is O=Cc1ccc(F)c(C(F)(F)F)c1Cl. The maximum Gasteiger partial charge on any atom is 0.420 e. The van der Waals surface area contributed by atoms with Crippen molar-refractivity contribution in [1.29, 1.82) is 0 Å². The van der Waals surface area contributed by atoms with Crippen molar-refractivity contribution in [3.8, 4) is 0 Å². The van der Waals surface area contributed by atoms with Gasteiger partial charge in [0.2, 0.25) is 0 Å². The first kappa shape index (κ1) is 11.0. The quantitative estimate of drug-likeness (QED) is 0.530. The lowest BCUT2D eigenvalue weighted by atomic mass is 10.1. The number of carbonyl (C=O) groups is 1. The Bertz CT molecular complexity index is 372. The highest BCUT2D eigenvalue weighted by molar-refractivity contribution is 6.33. The van der Waals surface area contributed by atoms with Crippen LogP contribution in [0, 0.1) is 5.82 Å². The van der Waals surface area contributed by atoms with Gasteiger partial charge in [0.15, 0.2) is 6.29 Å². The highest BCUT2D eigenvalue weighted by atomic mass is 35.5. The van der Waals surface area contributed by atoms with E-state index in [1.54, 1.807) is 0 Å². The van der Waals surface area contributed by atoms with Gasteiger partial charge in [0.1, 0.15) is 11.4 Å². The molecule has 0 bridgehead atoms. The number of aldehydes is 1. The maximum atomic E-state index is 12.7. The molecule has 1 aromatic rings. The predicted octanol–water partition coefficient (Wildman–Crippen LogP) is 3.31. The number of rotatable bonds is 1. The molecule has 0 heterocycles. The Hall–Kier alpha value is -1.10. The molecule has 6 heteroatoms.